The molecule has 0 aliphatic carbocycles. The maximum Gasteiger partial charge on any atom is 0.273 e. The van der Waals surface area contributed by atoms with Gasteiger partial charge < -0.3 is 9.64 Å². The number of aromatic amines is 1. The maximum absolute atomic E-state index is 13.2. The van der Waals surface area contributed by atoms with Crippen molar-refractivity contribution in [3.63, 3.8) is 0 Å². The Hall–Kier alpha value is -3.28. The SMILES string of the molecule is CCCN1C(=O)c2[nH]nc(-c3ccc(Cl)cc3)c2C1c1ccc(OCc2ccccc2Cl)cc1. The standard InChI is InChI=1S/C27H23Cl2N3O2/c1-2-15-32-26(18-9-13-21(14-10-18)34-16-19-5-3-4-6-22(19)29)23-24(30-31-25(23)27(32)33)17-7-11-20(28)12-8-17/h3-14,26H,2,15-16H2,1H3,(H,30,31). The Morgan fingerprint density at radius 2 is 1.74 bits per heavy atom. The monoisotopic (exact) mass is 491 g/mol. The van der Waals surface area contributed by atoms with E-state index in [4.69, 9.17) is 27.9 Å². The van der Waals surface area contributed by atoms with Gasteiger partial charge in [-0.1, -0.05) is 72.6 Å². The minimum absolute atomic E-state index is 0.0337. The highest BCUT2D eigenvalue weighted by Crippen LogP contribution is 2.43. The third-order valence-corrected chi connectivity index (χ3v) is 6.61. The third kappa shape index (κ3) is 4.17. The molecule has 4 aromatic rings. The van der Waals surface area contributed by atoms with Crippen LogP contribution in [0, 0.1) is 0 Å². The van der Waals surface area contributed by atoms with Crippen molar-refractivity contribution in [1.29, 1.82) is 0 Å². The van der Waals surface area contributed by atoms with Crippen LogP contribution in [0.4, 0.5) is 0 Å². The topological polar surface area (TPSA) is 58.2 Å². The van der Waals surface area contributed by atoms with Crippen LogP contribution in [-0.2, 0) is 6.61 Å². The highest BCUT2D eigenvalue weighted by molar-refractivity contribution is 6.31. The van der Waals surface area contributed by atoms with Gasteiger partial charge in [-0.3, -0.25) is 9.89 Å². The van der Waals surface area contributed by atoms with Gasteiger partial charge in [-0.25, -0.2) is 0 Å². The largest absolute Gasteiger partial charge is 0.489 e. The molecular weight excluding hydrogens is 469 g/mol. The van der Waals surface area contributed by atoms with E-state index in [0.717, 1.165) is 40.1 Å². The van der Waals surface area contributed by atoms with Crippen LogP contribution in [0.15, 0.2) is 72.8 Å². The van der Waals surface area contributed by atoms with Crippen LogP contribution in [0.1, 0.15) is 46.6 Å². The first kappa shape index (κ1) is 22.5. The van der Waals surface area contributed by atoms with E-state index in [-0.39, 0.29) is 11.9 Å². The van der Waals surface area contributed by atoms with Crippen molar-refractivity contribution in [1.82, 2.24) is 15.1 Å². The van der Waals surface area contributed by atoms with Gasteiger partial charge in [0.05, 0.1) is 11.7 Å². The first-order chi connectivity index (χ1) is 16.6. The number of halogens is 2. The van der Waals surface area contributed by atoms with Crippen LogP contribution in [-0.4, -0.2) is 27.5 Å². The first-order valence-electron chi connectivity index (χ1n) is 11.2. The molecule has 0 radical (unpaired) electrons. The second kappa shape index (κ2) is 9.53. The van der Waals surface area contributed by atoms with Crippen molar-refractivity contribution in [2.45, 2.75) is 26.0 Å². The molecule has 5 rings (SSSR count). The number of ether oxygens (including phenoxy) is 1. The van der Waals surface area contributed by atoms with Gasteiger partial charge in [-0.2, -0.15) is 5.10 Å². The number of aromatic nitrogens is 2. The van der Waals surface area contributed by atoms with Crippen LogP contribution >= 0.6 is 23.2 Å². The zero-order valence-electron chi connectivity index (χ0n) is 18.6. The molecule has 1 N–H and O–H groups in total. The molecule has 0 bridgehead atoms. The first-order valence-corrected chi connectivity index (χ1v) is 11.9. The number of nitrogens with one attached hydrogen (secondary N) is 1. The lowest BCUT2D eigenvalue weighted by atomic mass is 9.96. The van der Waals surface area contributed by atoms with Crippen LogP contribution in [0.25, 0.3) is 11.3 Å². The molecule has 3 aromatic carbocycles. The van der Waals surface area contributed by atoms with Gasteiger partial charge in [-0.15, -0.1) is 0 Å². The van der Waals surface area contributed by atoms with Gasteiger partial charge >= 0.3 is 0 Å². The average molecular weight is 492 g/mol. The Balaban J connectivity index is 1.46. The maximum atomic E-state index is 13.2. The molecule has 1 atom stereocenters. The van der Waals surface area contributed by atoms with Crippen LogP contribution in [0.5, 0.6) is 5.75 Å². The van der Waals surface area contributed by atoms with Gasteiger partial charge in [0, 0.05) is 33.3 Å². The van der Waals surface area contributed by atoms with Crippen molar-refractivity contribution in [3.05, 3.63) is 105 Å². The van der Waals surface area contributed by atoms with E-state index in [2.05, 4.69) is 17.1 Å². The number of carbonyl (C=O) groups excluding carboxylic acids is 1. The number of hydrogen-bond donors (Lipinski definition) is 1. The molecule has 7 heteroatoms. The molecule has 34 heavy (non-hydrogen) atoms. The predicted octanol–water partition coefficient (Wildman–Crippen LogP) is 6.92. The number of carbonyl (C=O) groups is 1. The molecule has 1 aliphatic heterocycles. The molecule has 5 nitrogen and oxygen atoms in total. The molecule has 1 amide bonds. The number of H-pyrrole nitrogens is 1. The quantitative estimate of drug-likeness (QED) is 0.305. The highest BCUT2D eigenvalue weighted by atomic mass is 35.5. The summed E-state index contributed by atoms with van der Waals surface area (Å²) in [5.41, 5.74) is 5.05. The second-order valence-corrected chi connectivity index (χ2v) is 9.06. The molecule has 1 aromatic heterocycles. The number of amides is 1. The predicted molar refractivity (Wildman–Crippen MR) is 134 cm³/mol. The number of nitrogens with zero attached hydrogens (tertiary/aromatic N) is 2. The van der Waals surface area contributed by atoms with E-state index in [0.29, 0.717) is 28.9 Å². The summed E-state index contributed by atoms with van der Waals surface area (Å²) in [4.78, 5) is 15.1. The van der Waals surface area contributed by atoms with E-state index in [1.54, 1.807) is 0 Å². The zero-order chi connectivity index (χ0) is 23.7. The van der Waals surface area contributed by atoms with E-state index in [9.17, 15) is 4.79 Å². The summed E-state index contributed by atoms with van der Waals surface area (Å²) < 4.78 is 5.95. The smallest absolute Gasteiger partial charge is 0.273 e. The highest BCUT2D eigenvalue weighted by Gasteiger charge is 2.41. The number of hydrogen-bond acceptors (Lipinski definition) is 3. The summed E-state index contributed by atoms with van der Waals surface area (Å²) in [5.74, 6) is 0.703. The lowest BCUT2D eigenvalue weighted by Gasteiger charge is -2.26. The summed E-state index contributed by atoms with van der Waals surface area (Å²) in [5, 5.41) is 8.81. The lowest BCUT2D eigenvalue weighted by Crippen LogP contribution is -2.30. The Morgan fingerprint density at radius 1 is 1.00 bits per heavy atom. The van der Waals surface area contributed by atoms with Gasteiger partial charge in [0.25, 0.3) is 5.91 Å². The van der Waals surface area contributed by atoms with E-state index < -0.39 is 0 Å². The summed E-state index contributed by atoms with van der Waals surface area (Å²) in [7, 11) is 0. The van der Waals surface area contributed by atoms with Crippen molar-refractivity contribution in [2.24, 2.45) is 0 Å². The number of fused-ring (bicyclic) bond motifs is 1. The van der Waals surface area contributed by atoms with Crippen LogP contribution in [0.2, 0.25) is 10.0 Å². The zero-order valence-corrected chi connectivity index (χ0v) is 20.1. The van der Waals surface area contributed by atoms with Gasteiger partial charge in [0.2, 0.25) is 0 Å². The Bertz CT molecular complexity index is 1320. The van der Waals surface area contributed by atoms with Gasteiger partial charge in [-0.05, 0) is 42.3 Å². The van der Waals surface area contributed by atoms with E-state index >= 15 is 0 Å². The Morgan fingerprint density at radius 3 is 2.44 bits per heavy atom. The van der Waals surface area contributed by atoms with Crippen molar-refractivity contribution in [2.75, 3.05) is 6.54 Å². The van der Waals surface area contributed by atoms with Crippen molar-refractivity contribution in [3.8, 4) is 17.0 Å². The average Bonchev–Trinajstić information content (AvgIpc) is 3.39. The minimum Gasteiger partial charge on any atom is -0.489 e. The fourth-order valence-corrected chi connectivity index (χ4v) is 4.68. The third-order valence-electron chi connectivity index (χ3n) is 5.99. The summed E-state index contributed by atoms with van der Waals surface area (Å²) in [6, 6.07) is 22.8. The molecule has 2 heterocycles. The fraction of sp³-hybridized carbons (Fsp3) is 0.185. The van der Waals surface area contributed by atoms with E-state index in [1.165, 1.54) is 0 Å². The summed E-state index contributed by atoms with van der Waals surface area (Å²) >= 11 is 12.3. The van der Waals surface area contributed by atoms with Crippen molar-refractivity contribution < 1.29 is 9.53 Å². The molecule has 172 valence electrons. The van der Waals surface area contributed by atoms with Gasteiger partial charge in [0.1, 0.15) is 18.1 Å². The van der Waals surface area contributed by atoms with Crippen LogP contribution in [0.3, 0.4) is 0 Å². The fourth-order valence-electron chi connectivity index (χ4n) is 4.37. The molecule has 0 fully saturated rings. The van der Waals surface area contributed by atoms with Crippen molar-refractivity contribution >= 4 is 29.1 Å². The van der Waals surface area contributed by atoms with E-state index in [1.807, 2.05) is 77.7 Å². The molecule has 1 aliphatic rings. The lowest BCUT2D eigenvalue weighted by molar-refractivity contribution is 0.0744. The molecule has 0 spiro atoms. The number of rotatable bonds is 7. The number of benzene rings is 3. The van der Waals surface area contributed by atoms with Crippen LogP contribution < -0.4 is 4.74 Å². The van der Waals surface area contributed by atoms with Gasteiger partial charge in [0.15, 0.2) is 0 Å². The molecular formula is C27H23Cl2N3O2. The summed E-state index contributed by atoms with van der Waals surface area (Å²) in [6.45, 7) is 3.10. The Kier molecular flexibility index (Phi) is 6.31. The molecule has 1 unspecified atom stereocenters. The Labute approximate surface area is 208 Å². The second-order valence-electron chi connectivity index (χ2n) is 8.22. The minimum atomic E-state index is -0.232. The summed E-state index contributed by atoms with van der Waals surface area (Å²) in [6.07, 6.45) is 0.856. The molecule has 0 saturated heterocycles. The molecule has 0 saturated carbocycles. The normalized spacial score (nSPS) is 15.0.